The molecule has 0 radical (unpaired) electrons. The summed E-state index contributed by atoms with van der Waals surface area (Å²) < 4.78 is 6.14. The fourth-order valence-corrected chi connectivity index (χ4v) is 2.45. The molecular formula is C15H31NO. The standard InChI is InChI=1S/C15H31NO/c1-11-7-8-14(9-12(11)2)17-13(3)10-16-15(4,5)6/h11-14,16H,7-10H2,1-6H3. The first-order chi connectivity index (χ1) is 7.78. The maximum Gasteiger partial charge on any atom is 0.0675 e. The summed E-state index contributed by atoms with van der Waals surface area (Å²) >= 11 is 0. The fraction of sp³-hybridized carbons (Fsp3) is 1.00. The number of nitrogens with one attached hydrogen (secondary N) is 1. The molecule has 1 aliphatic rings. The van der Waals surface area contributed by atoms with Crippen LogP contribution < -0.4 is 5.32 Å². The smallest absolute Gasteiger partial charge is 0.0675 e. The van der Waals surface area contributed by atoms with Gasteiger partial charge in [0.05, 0.1) is 12.2 Å². The van der Waals surface area contributed by atoms with Gasteiger partial charge in [-0.1, -0.05) is 13.8 Å². The molecule has 4 atom stereocenters. The molecule has 0 aromatic rings. The average Bonchev–Trinajstić information content (AvgIpc) is 2.20. The topological polar surface area (TPSA) is 21.3 Å². The van der Waals surface area contributed by atoms with E-state index < -0.39 is 0 Å². The lowest BCUT2D eigenvalue weighted by atomic mass is 9.80. The lowest BCUT2D eigenvalue weighted by Crippen LogP contribution is -2.42. The van der Waals surface area contributed by atoms with E-state index >= 15 is 0 Å². The Bertz CT molecular complexity index is 221. The molecule has 1 rings (SSSR count). The third-order valence-electron chi connectivity index (χ3n) is 3.89. The highest BCUT2D eigenvalue weighted by Crippen LogP contribution is 2.31. The van der Waals surface area contributed by atoms with Crippen molar-refractivity contribution in [1.82, 2.24) is 5.32 Å². The van der Waals surface area contributed by atoms with Crippen LogP contribution >= 0.6 is 0 Å². The van der Waals surface area contributed by atoms with E-state index in [0.717, 1.165) is 18.4 Å². The first-order valence-electron chi connectivity index (χ1n) is 7.18. The Morgan fingerprint density at radius 2 is 1.82 bits per heavy atom. The van der Waals surface area contributed by atoms with E-state index in [1.165, 1.54) is 19.3 Å². The van der Waals surface area contributed by atoms with E-state index in [1.54, 1.807) is 0 Å². The molecule has 1 aliphatic carbocycles. The third kappa shape index (κ3) is 5.87. The SMILES string of the molecule is CC(CNC(C)(C)C)OC1CCC(C)C(C)C1. The summed E-state index contributed by atoms with van der Waals surface area (Å²) in [5, 5.41) is 3.51. The minimum Gasteiger partial charge on any atom is -0.374 e. The molecule has 102 valence electrons. The van der Waals surface area contributed by atoms with Gasteiger partial charge in [0.15, 0.2) is 0 Å². The van der Waals surface area contributed by atoms with Gasteiger partial charge < -0.3 is 10.1 Å². The lowest BCUT2D eigenvalue weighted by molar-refractivity contribution is -0.0401. The van der Waals surface area contributed by atoms with E-state index in [4.69, 9.17) is 4.74 Å². The highest BCUT2D eigenvalue weighted by atomic mass is 16.5. The lowest BCUT2D eigenvalue weighted by Gasteiger charge is -2.34. The summed E-state index contributed by atoms with van der Waals surface area (Å²) in [6, 6.07) is 0. The molecule has 2 heteroatoms. The van der Waals surface area contributed by atoms with E-state index in [2.05, 4.69) is 46.9 Å². The van der Waals surface area contributed by atoms with E-state index in [-0.39, 0.29) is 5.54 Å². The Morgan fingerprint density at radius 3 is 2.35 bits per heavy atom. The van der Waals surface area contributed by atoms with Crippen LogP contribution in [-0.4, -0.2) is 24.3 Å². The Labute approximate surface area is 108 Å². The first kappa shape index (κ1) is 15.0. The molecule has 17 heavy (non-hydrogen) atoms. The minimum atomic E-state index is 0.186. The summed E-state index contributed by atoms with van der Waals surface area (Å²) in [6.07, 6.45) is 4.61. The summed E-state index contributed by atoms with van der Waals surface area (Å²) in [7, 11) is 0. The highest BCUT2D eigenvalue weighted by molar-refractivity contribution is 4.77. The monoisotopic (exact) mass is 241 g/mol. The second-order valence-corrected chi connectivity index (χ2v) is 6.97. The van der Waals surface area contributed by atoms with Gasteiger partial charge in [0, 0.05) is 12.1 Å². The van der Waals surface area contributed by atoms with Crippen molar-refractivity contribution in [2.45, 2.75) is 78.6 Å². The molecule has 0 heterocycles. The van der Waals surface area contributed by atoms with Crippen molar-refractivity contribution in [3.63, 3.8) is 0 Å². The van der Waals surface area contributed by atoms with E-state index in [0.29, 0.717) is 12.2 Å². The van der Waals surface area contributed by atoms with Gasteiger partial charge in [-0.25, -0.2) is 0 Å². The van der Waals surface area contributed by atoms with Gasteiger partial charge in [0.2, 0.25) is 0 Å². The quantitative estimate of drug-likeness (QED) is 0.812. The predicted octanol–water partition coefficient (Wildman–Crippen LogP) is 3.60. The molecule has 1 N–H and O–H groups in total. The maximum absolute atomic E-state index is 6.14. The Morgan fingerprint density at radius 1 is 1.18 bits per heavy atom. The van der Waals surface area contributed by atoms with E-state index in [1.807, 2.05) is 0 Å². The Balaban J connectivity index is 2.25. The summed E-state index contributed by atoms with van der Waals surface area (Å²) in [5.74, 6) is 1.69. The molecule has 0 aromatic carbocycles. The summed E-state index contributed by atoms with van der Waals surface area (Å²) in [5.41, 5.74) is 0.186. The number of ether oxygens (including phenoxy) is 1. The molecule has 0 bridgehead atoms. The molecule has 0 aliphatic heterocycles. The fourth-order valence-electron chi connectivity index (χ4n) is 2.45. The maximum atomic E-state index is 6.14. The van der Waals surface area contributed by atoms with Crippen LogP contribution in [0.1, 0.15) is 60.8 Å². The van der Waals surface area contributed by atoms with Crippen molar-refractivity contribution < 1.29 is 4.74 Å². The predicted molar refractivity (Wildman–Crippen MR) is 74.3 cm³/mol. The molecule has 4 unspecified atom stereocenters. The van der Waals surface area contributed by atoms with Crippen LogP contribution in [0.4, 0.5) is 0 Å². The van der Waals surface area contributed by atoms with E-state index in [9.17, 15) is 0 Å². The van der Waals surface area contributed by atoms with Crippen molar-refractivity contribution in [3.8, 4) is 0 Å². The van der Waals surface area contributed by atoms with Gasteiger partial charge in [-0.05, 0) is 58.8 Å². The van der Waals surface area contributed by atoms with Gasteiger partial charge in [-0.3, -0.25) is 0 Å². The first-order valence-corrected chi connectivity index (χ1v) is 7.18. The van der Waals surface area contributed by atoms with Crippen LogP contribution in [0.15, 0.2) is 0 Å². The molecule has 1 saturated carbocycles. The van der Waals surface area contributed by atoms with Gasteiger partial charge in [0.1, 0.15) is 0 Å². The molecule has 0 saturated heterocycles. The Kier molecular flexibility index (Phi) is 5.46. The zero-order valence-electron chi connectivity index (χ0n) is 12.5. The van der Waals surface area contributed by atoms with Crippen LogP contribution in [0.3, 0.4) is 0 Å². The van der Waals surface area contributed by atoms with Crippen LogP contribution in [0.2, 0.25) is 0 Å². The van der Waals surface area contributed by atoms with Crippen molar-refractivity contribution in [3.05, 3.63) is 0 Å². The van der Waals surface area contributed by atoms with Gasteiger partial charge in [-0.15, -0.1) is 0 Å². The van der Waals surface area contributed by atoms with Gasteiger partial charge >= 0.3 is 0 Å². The minimum absolute atomic E-state index is 0.186. The molecule has 2 nitrogen and oxygen atoms in total. The van der Waals surface area contributed by atoms with Crippen molar-refractivity contribution in [1.29, 1.82) is 0 Å². The normalized spacial score (nSPS) is 32.5. The zero-order valence-corrected chi connectivity index (χ0v) is 12.5. The number of hydrogen-bond donors (Lipinski definition) is 1. The van der Waals surface area contributed by atoms with Crippen LogP contribution in [0.5, 0.6) is 0 Å². The highest BCUT2D eigenvalue weighted by Gasteiger charge is 2.26. The second kappa shape index (κ2) is 6.19. The Hall–Kier alpha value is -0.0800. The van der Waals surface area contributed by atoms with Crippen molar-refractivity contribution >= 4 is 0 Å². The van der Waals surface area contributed by atoms with Crippen molar-refractivity contribution in [2.24, 2.45) is 11.8 Å². The number of rotatable bonds is 4. The van der Waals surface area contributed by atoms with Crippen LogP contribution in [0.25, 0.3) is 0 Å². The van der Waals surface area contributed by atoms with Gasteiger partial charge in [0.25, 0.3) is 0 Å². The van der Waals surface area contributed by atoms with Crippen molar-refractivity contribution in [2.75, 3.05) is 6.54 Å². The largest absolute Gasteiger partial charge is 0.374 e. The molecular weight excluding hydrogens is 210 g/mol. The molecule has 0 amide bonds. The molecule has 0 spiro atoms. The number of hydrogen-bond acceptors (Lipinski definition) is 2. The average molecular weight is 241 g/mol. The van der Waals surface area contributed by atoms with Gasteiger partial charge in [-0.2, -0.15) is 0 Å². The molecule has 1 fully saturated rings. The summed E-state index contributed by atoms with van der Waals surface area (Å²) in [4.78, 5) is 0. The second-order valence-electron chi connectivity index (χ2n) is 6.97. The zero-order chi connectivity index (χ0) is 13.1. The summed E-state index contributed by atoms with van der Waals surface area (Å²) in [6.45, 7) is 14.5. The van der Waals surface area contributed by atoms with Crippen LogP contribution in [0, 0.1) is 11.8 Å². The molecule has 0 aromatic heterocycles. The van der Waals surface area contributed by atoms with Crippen LogP contribution in [-0.2, 0) is 4.74 Å². The third-order valence-corrected chi connectivity index (χ3v) is 3.89.